The maximum absolute atomic E-state index is 10.6. The molecule has 34 heavy (non-hydrogen) atoms. The molecule has 0 radical (unpaired) electrons. The van der Waals surface area contributed by atoms with E-state index >= 15 is 0 Å². The van der Waals surface area contributed by atoms with Crippen LogP contribution in [0.3, 0.4) is 0 Å². The van der Waals surface area contributed by atoms with E-state index in [9.17, 15) is 14.4 Å². The lowest BCUT2D eigenvalue weighted by Crippen LogP contribution is -2.32. The summed E-state index contributed by atoms with van der Waals surface area (Å²) in [7, 11) is 0. The molecule has 10 heteroatoms. The molecule has 2 rings (SSSR count). The lowest BCUT2D eigenvalue weighted by Gasteiger charge is -2.16. The molecule has 0 bridgehead atoms. The highest BCUT2D eigenvalue weighted by molar-refractivity contribution is 5.73. The van der Waals surface area contributed by atoms with E-state index < -0.39 is 36.0 Å². The van der Waals surface area contributed by atoms with Crippen molar-refractivity contribution >= 4 is 17.9 Å². The van der Waals surface area contributed by atoms with E-state index in [4.69, 9.17) is 38.3 Å². The number of carboxylic acids is 3. The Balaban J connectivity index is 0.000000532. The third-order valence-electron chi connectivity index (χ3n) is 4.70. The largest absolute Gasteiger partial charge is 0.480 e. The summed E-state index contributed by atoms with van der Waals surface area (Å²) in [4.78, 5) is 30.5. The van der Waals surface area contributed by atoms with Crippen molar-refractivity contribution in [2.45, 2.75) is 50.2 Å². The third-order valence-corrected chi connectivity index (χ3v) is 4.70. The molecule has 0 saturated carbocycles. The zero-order valence-corrected chi connectivity index (χ0v) is 19.3. The number of hydrogen-bond acceptors (Lipinski definition) is 7. The van der Waals surface area contributed by atoms with Gasteiger partial charge in [-0.05, 0) is 49.8 Å². The Labute approximate surface area is 199 Å². The lowest BCUT2D eigenvalue weighted by atomic mass is 9.93. The Morgan fingerprint density at radius 1 is 0.735 bits per heavy atom. The highest BCUT2D eigenvalue weighted by Crippen LogP contribution is 2.20. The monoisotopic (exact) mass is 476 g/mol. The lowest BCUT2D eigenvalue weighted by molar-refractivity contribution is -0.139. The van der Waals surface area contributed by atoms with Gasteiger partial charge >= 0.3 is 17.9 Å². The summed E-state index contributed by atoms with van der Waals surface area (Å²) in [6.45, 7) is 1.93. The molecule has 0 fully saturated rings. The van der Waals surface area contributed by atoms with Gasteiger partial charge < -0.3 is 38.3 Å². The molecule has 0 aliphatic carbocycles. The van der Waals surface area contributed by atoms with Crippen LogP contribution in [0.4, 0.5) is 0 Å². The van der Waals surface area contributed by atoms with Crippen LogP contribution in [-0.4, -0.2) is 57.9 Å². The zero-order chi connectivity index (χ0) is 26.1. The Morgan fingerprint density at radius 3 is 1.56 bits per heavy atom. The molecular formula is C24H36N4O6. The van der Waals surface area contributed by atoms with E-state index in [0.29, 0.717) is 25.8 Å². The topological polar surface area (TPSA) is 216 Å². The van der Waals surface area contributed by atoms with Gasteiger partial charge in [0.15, 0.2) is 0 Å². The van der Waals surface area contributed by atoms with Crippen LogP contribution in [-0.2, 0) is 20.8 Å². The standard InChI is InChI=1S/C12H18N2O2.C9H11NO2.C3H7NO2/c13-8-10(6-7-11(14)12(15)16)9-4-2-1-3-5-9;10-8(9(11)12)6-7-4-2-1-3-5-7;1-2(4)3(5)6/h1-5,10-11H,6-8,13-14H2,(H,15,16);1-5,8H,6,10H2,(H,11,12);2H,4H2,1H3,(H,5,6)/t10?,11-;8-;2-/m110/s1. The van der Waals surface area contributed by atoms with E-state index in [0.717, 1.165) is 11.1 Å². The molecular weight excluding hydrogens is 440 g/mol. The van der Waals surface area contributed by atoms with Crippen LogP contribution in [0, 0.1) is 0 Å². The number of benzene rings is 2. The van der Waals surface area contributed by atoms with Crippen molar-refractivity contribution in [1.82, 2.24) is 0 Å². The van der Waals surface area contributed by atoms with Crippen molar-refractivity contribution in [3.63, 3.8) is 0 Å². The third kappa shape index (κ3) is 14.0. The van der Waals surface area contributed by atoms with Crippen molar-refractivity contribution < 1.29 is 29.7 Å². The van der Waals surface area contributed by atoms with Crippen LogP contribution < -0.4 is 22.9 Å². The van der Waals surface area contributed by atoms with Crippen molar-refractivity contribution in [3.05, 3.63) is 71.8 Å². The normalized spacial score (nSPS) is 13.6. The van der Waals surface area contributed by atoms with Crippen LogP contribution >= 0.6 is 0 Å². The Hall–Kier alpha value is -3.31. The summed E-state index contributed by atoms with van der Waals surface area (Å²) >= 11 is 0. The highest BCUT2D eigenvalue weighted by Gasteiger charge is 2.15. The molecule has 10 nitrogen and oxygen atoms in total. The van der Waals surface area contributed by atoms with Gasteiger partial charge in [-0.3, -0.25) is 14.4 Å². The average Bonchev–Trinajstić information content (AvgIpc) is 2.81. The van der Waals surface area contributed by atoms with Crippen LogP contribution in [0.1, 0.15) is 36.8 Å². The first kappa shape index (κ1) is 30.7. The van der Waals surface area contributed by atoms with Gasteiger partial charge in [-0.25, -0.2) is 0 Å². The highest BCUT2D eigenvalue weighted by atomic mass is 16.4. The first-order valence-electron chi connectivity index (χ1n) is 10.7. The number of carbonyl (C=O) groups is 3. The van der Waals surface area contributed by atoms with Gasteiger partial charge in [0, 0.05) is 0 Å². The molecule has 0 saturated heterocycles. The zero-order valence-electron chi connectivity index (χ0n) is 19.3. The van der Waals surface area contributed by atoms with Crippen molar-refractivity contribution in [2.24, 2.45) is 22.9 Å². The minimum absolute atomic E-state index is 0.187. The fourth-order valence-electron chi connectivity index (χ4n) is 2.61. The number of nitrogens with two attached hydrogens (primary N) is 4. The average molecular weight is 477 g/mol. The van der Waals surface area contributed by atoms with Crippen LogP contribution in [0.25, 0.3) is 0 Å². The first-order valence-corrected chi connectivity index (χ1v) is 10.7. The maximum atomic E-state index is 10.6. The second-order valence-electron chi connectivity index (χ2n) is 7.63. The predicted molar refractivity (Wildman–Crippen MR) is 130 cm³/mol. The van der Waals surface area contributed by atoms with Gasteiger partial charge in [-0.2, -0.15) is 0 Å². The molecule has 0 aliphatic heterocycles. The van der Waals surface area contributed by atoms with Gasteiger partial charge in [-0.1, -0.05) is 60.7 Å². The molecule has 0 amide bonds. The summed E-state index contributed by atoms with van der Waals surface area (Å²) in [5.41, 5.74) is 23.4. The van der Waals surface area contributed by atoms with Crippen LogP contribution in [0.15, 0.2) is 60.7 Å². The number of rotatable bonds is 10. The van der Waals surface area contributed by atoms with Gasteiger partial charge in [0.2, 0.25) is 0 Å². The van der Waals surface area contributed by atoms with E-state index in [2.05, 4.69) is 0 Å². The second-order valence-corrected chi connectivity index (χ2v) is 7.63. The molecule has 0 heterocycles. The van der Waals surface area contributed by atoms with Gasteiger partial charge in [0.25, 0.3) is 0 Å². The second kappa shape index (κ2) is 17.2. The van der Waals surface area contributed by atoms with Gasteiger partial charge in [0.05, 0.1) is 0 Å². The van der Waals surface area contributed by atoms with Crippen molar-refractivity contribution in [2.75, 3.05) is 6.54 Å². The quantitative estimate of drug-likeness (QED) is 0.258. The predicted octanol–water partition coefficient (Wildman–Crippen LogP) is 0.980. The van der Waals surface area contributed by atoms with Gasteiger partial charge in [-0.15, -0.1) is 0 Å². The fraction of sp³-hybridized carbons (Fsp3) is 0.375. The molecule has 4 atom stereocenters. The van der Waals surface area contributed by atoms with E-state index in [1.165, 1.54) is 6.92 Å². The molecule has 11 N–H and O–H groups in total. The maximum Gasteiger partial charge on any atom is 0.320 e. The van der Waals surface area contributed by atoms with E-state index in [-0.39, 0.29) is 5.92 Å². The molecule has 0 aliphatic rings. The molecule has 1 unspecified atom stereocenters. The Kier molecular flexibility index (Phi) is 15.5. The summed E-state index contributed by atoms with van der Waals surface area (Å²) in [5.74, 6) is -2.69. The van der Waals surface area contributed by atoms with E-state index in [1.54, 1.807) is 0 Å². The summed E-state index contributed by atoms with van der Waals surface area (Å²) in [5, 5.41) is 25.1. The number of aliphatic carboxylic acids is 3. The van der Waals surface area contributed by atoms with Crippen LogP contribution in [0.5, 0.6) is 0 Å². The summed E-state index contributed by atoms with van der Waals surface area (Å²) in [6, 6.07) is 16.9. The number of hydrogen-bond donors (Lipinski definition) is 7. The fourth-order valence-corrected chi connectivity index (χ4v) is 2.61. The molecule has 2 aromatic rings. The molecule has 0 aromatic heterocycles. The van der Waals surface area contributed by atoms with Crippen molar-refractivity contribution in [3.8, 4) is 0 Å². The van der Waals surface area contributed by atoms with Gasteiger partial charge in [0.1, 0.15) is 18.1 Å². The van der Waals surface area contributed by atoms with Crippen LogP contribution in [0.2, 0.25) is 0 Å². The first-order chi connectivity index (χ1) is 16.0. The molecule has 2 aromatic carbocycles. The SMILES string of the molecule is C[C@H](N)C(=O)O.NCC(CC[C@@H](N)C(=O)O)c1ccccc1.N[C@H](Cc1ccccc1)C(=O)O. The number of carboxylic acid groups (broad SMARTS) is 3. The summed E-state index contributed by atoms with van der Waals surface area (Å²) < 4.78 is 0. The minimum atomic E-state index is -0.963. The summed E-state index contributed by atoms with van der Waals surface area (Å²) in [6.07, 6.45) is 1.54. The van der Waals surface area contributed by atoms with Crippen molar-refractivity contribution in [1.29, 1.82) is 0 Å². The van der Waals surface area contributed by atoms with E-state index in [1.807, 2.05) is 60.7 Å². The minimum Gasteiger partial charge on any atom is -0.480 e. The molecule has 188 valence electrons. The smallest absolute Gasteiger partial charge is 0.320 e. The Bertz CT molecular complexity index is 849. The molecule has 0 spiro atoms. The Morgan fingerprint density at radius 2 is 1.18 bits per heavy atom.